The van der Waals surface area contributed by atoms with Gasteiger partial charge in [-0.1, -0.05) is 30.3 Å². The van der Waals surface area contributed by atoms with Crippen molar-refractivity contribution in [3.63, 3.8) is 0 Å². The first kappa shape index (κ1) is 21.1. The first-order chi connectivity index (χ1) is 15.0. The molecule has 31 heavy (non-hydrogen) atoms. The van der Waals surface area contributed by atoms with Crippen LogP contribution in [-0.2, 0) is 14.3 Å². The highest BCUT2D eigenvalue weighted by Crippen LogP contribution is 2.28. The number of para-hydroxylation sites is 2. The van der Waals surface area contributed by atoms with Gasteiger partial charge in [0, 0.05) is 31.8 Å². The van der Waals surface area contributed by atoms with E-state index >= 15 is 0 Å². The molecule has 0 saturated carbocycles. The maximum atomic E-state index is 12.9. The minimum atomic E-state index is -0.477. The first-order valence-electron chi connectivity index (χ1n) is 10.7. The van der Waals surface area contributed by atoms with Gasteiger partial charge in [-0.2, -0.15) is 0 Å². The molecule has 162 valence electrons. The lowest BCUT2D eigenvalue weighted by Gasteiger charge is -2.19. The van der Waals surface area contributed by atoms with E-state index in [-0.39, 0.29) is 30.2 Å². The number of amides is 3. The smallest absolute Gasteiger partial charge is 0.253 e. The van der Waals surface area contributed by atoms with E-state index in [0.717, 1.165) is 30.7 Å². The zero-order valence-corrected chi connectivity index (χ0v) is 17.6. The molecule has 0 bridgehead atoms. The molecule has 2 aromatic carbocycles. The molecular weight excluding hydrogens is 394 g/mol. The van der Waals surface area contributed by atoms with Crippen molar-refractivity contribution in [3.8, 4) is 0 Å². The number of anilines is 2. The van der Waals surface area contributed by atoms with Crippen LogP contribution in [-0.4, -0.2) is 43.5 Å². The first-order valence-corrected chi connectivity index (χ1v) is 10.7. The van der Waals surface area contributed by atoms with Crippen LogP contribution in [0.25, 0.3) is 0 Å². The lowest BCUT2D eigenvalue weighted by atomic mass is 10.1. The van der Waals surface area contributed by atoms with Gasteiger partial charge in [0.05, 0.1) is 23.3 Å². The normalized spacial score (nSPS) is 20.7. The van der Waals surface area contributed by atoms with Gasteiger partial charge in [0.15, 0.2) is 0 Å². The van der Waals surface area contributed by atoms with Crippen molar-refractivity contribution in [2.24, 2.45) is 5.92 Å². The zero-order valence-electron chi connectivity index (χ0n) is 17.6. The Morgan fingerprint density at radius 2 is 1.90 bits per heavy atom. The second-order valence-corrected chi connectivity index (χ2v) is 8.07. The van der Waals surface area contributed by atoms with E-state index in [9.17, 15) is 14.4 Å². The second-order valence-electron chi connectivity index (χ2n) is 8.07. The van der Waals surface area contributed by atoms with Gasteiger partial charge < -0.3 is 20.3 Å². The van der Waals surface area contributed by atoms with E-state index in [0.29, 0.717) is 24.3 Å². The molecule has 2 N–H and O–H groups in total. The SMILES string of the molecule is Cc1ccccc1N1CC(C(=O)Nc2ccccc2C(=O)NCC2CCCO2)CC1=O. The average molecular weight is 421 g/mol. The summed E-state index contributed by atoms with van der Waals surface area (Å²) < 4.78 is 5.55. The highest BCUT2D eigenvalue weighted by atomic mass is 16.5. The third-order valence-corrected chi connectivity index (χ3v) is 5.85. The summed E-state index contributed by atoms with van der Waals surface area (Å²) in [4.78, 5) is 39.8. The summed E-state index contributed by atoms with van der Waals surface area (Å²) in [5.41, 5.74) is 2.66. The van der Waals surface area contributed by atoms with Crippen LogP contribution in [0.15, 0.2) is 48.5 Å². The molecule has 2 saturated heterocycles. The van der Waals surface area contributed by atoms with Gasteiger partial charge in [-0.15, -0.1) is 0 Å². The van der Waals surface area contributed by atoms with Crippen LogP contribution >= 0.6 is 0 Å². The van der Waals surface area contributed by atoms with Crippen LogP contribution in [0.1, 0.15) is 35.2 Å². The van der Waals surface area contributed by atoms with Gasteiger partial charge in [-0.25, -0.2) is 0 Å². The number of hydrogen-bond donors (Lipinski definition) is 2. The summed E-state index contributed by atoms with van der Waals surface area (Å²) in [6, 6.07) is 14.6. The molecule has 0 aromatic heterocycles. The van der Waals surface area contributed by atoms with E-state index in [4.69, 9.17) is 4.74 Å². The van der Waals surface area contributed by atoms with Crippen LogP contribution in [0.4, 0.5) is 11.4 Å². The molecule has 2 heterocycles. The summed E-state index contributed by atoms with van der Waals surface area (Å²) in [6.45, 7) is 3.45. The van der Waals surface area contributed by atoms with Gasteiger partial charge in [-0.05, 0) is 43.5 Å². The van der Waals surface area contributed by atoms with Crippen molar-refractivity contribution < 1.29 is 19.1 Å². The van der Waals surface area contributed by atoms with Crippen molar-refractivity contribution in [3.05, 3.63) is 59.7 Å². The average Bonchev–Trinajstić information content (AvgIpc) is 3.42. The molecule has 0 spiro atoms. The fraction of sp³-hybridized carbons (Fsp3) is 0.375. The Morgan fingerprint density at radius 3 is 2.68 bits per heavy atom. The summed E-state index contributed by atoms with van der Waals surface area (Å²) in [5, 5.41) is 5.75. The van der Waals surface area contributed by atoms with E-state index < -0.39 is 5.92 Å². The molecule has 7 heteroatoms. The van der Waals surface area contributed by atoms with Crippen molar-refractivity contribution in [2.45, 2.75) is 32.3 Å². The van der Waals surface area contributed by atoms with E-state index in [1.807, 2.05) is 31.2 Å². The Balaban J connectivity index is 1.41. The number of rotatable bonds is 6. The van der Waals surface area contributed by atoms with Crippen LogP contribution in [0.5, 0.6) is 0 Å². The molecule has 4 rings (SSSR count). The molecule has 2 aromatic rings. The monoisotopic (exact) mass is 421 g/mol. The summed E-state index contributed by atoms with van der Waals surface area (Å²) in [5.74, 6) is -1.06. The third-order valence-electron chi connectivity index (χ3n) is 5.85. The molecule has 2 unspecified atom stereocenters. The predicted octanol–water partition coefficient (Wildman–Crippen LogP) is 2.90. The zero-order chi connectivity index (χ0) is 21.8. The molecule has 0 aliphatic carbocycles. The van der Waals surface area contributed by atoms with Crippen LogP contribution in [0, 0.1) is 12.8 Å². The maximum Gasteiger partial charge on any atom is 0.253 e. The Morgan fingerprint density at radius 1 is 1.13 bits per heavy atom. The highest BCUT2D eigenvalue weighted by molar-refractivity contribution is 6.07. The largest absolute Gasteiger partial charge is 0.376 e. The number of nitrogens with zero attached hydrogens (tertiary/aromatic N) is 1. The minimum absolute atomic E-state index is 0.0441. The number of carbonyl (C=O) groups is 3. The molecular formula is C24H27N3O4. The molecule has 0 radical (unpaired) electrons. The molecule has 3 amide bonds. The fourth-order valence-corrected chi connectivity index (χ4v) is 4.11. The Kier molecular flexibility index (Phi) is 6.32. The van der Waals surface area contributed by atoms with Gasteiger partial charge in [-0.3, -0.25) is 14.4 Å². The summed E-state index contributed by atoms with van der Waals surface area (Å²) in [7, 11) is 0. The quantitative estimate of drug-likeness (QED) is 0.751. The number of aryl methyl sites for hydroxylation is 1. The van der Waals surface area contributed by atoms with E-state index in [1.165, 1.54) is 0 Å². The lowest BCUT2D eigenvalue weighted by molar-refractivity contribution is -0.122. The Bertz CT molecular complexity index is 984. The molecule has 2 fully saturated rings. The Labute approximate surface area is 181 Å². The Hall–Kier alpha value is -3.19. The third kappa shape index (κ3) is 4.77. The minimum Gasteiger partial charge on any atom is -0.376 e. The van der Waals surface area contributed by atoms with E-state index in [1.54, 1.807) is 29.2 Å². The standard InChI is InChI=1S/C24H27N3O4/c1-16-7-2-5-11-21(16)27-15-17(13-22(27)28)23(29)26-20-10-4-3-9-19(20)24(30)25-14-18-8-6-12-31-18/h2-5,7,9-11,17-18H,6,8,12-15H2,1H3,(H,25,30)(H,26,29). The maximum absolute atomic E-state index is 12.9. The topological polar surface area (TPSA) is 87.7 Å². The van der Waals surface area contributed by atoms with Gasteiger partial charge in [0.1, 0.15) is 0 Å². The van der Waals surface area contributed by atoms with Crippen molar-refractivity contribution in [1.82, 2.24) is 5.32 Å². The summed E-state index contributed by atoms with van der Waals surface area (Å²) >= 11 is 0. The molecule has 7 nitrogen and oxygen atoms in total. The number of hydrogen-bond acceptors (Lipinski definition) is 4. The van der Waals surface area contributed by atoms with Gasteiger partial charge in [0.25, 0.3) is 5.91 Å². The highest BCUT2D eigenvalue weighted by Gasteiger charge is 2.36. The van der Waals surface area contributed by atoms with Gasteiger partial charge in [0.2, 0.25) is 11.8 Å². The number of carbonyl (C=O) groups excluding carboxylic acids is 3. The van der Waals surface area contributed by atoms with Crippen LogP contribution in [0.2, 0.25) is 0 Å². The predicted molar refractivity (Wildman–Crippen MR) is 118 cm³/mol. The number of benzene rings is 2. The fourth-order valence-electron chi connectivity index (χ4n) is 4.11. The van der Waals surface area contributed by atoms with E-state index in [2.05, 4.69) is 10.6 Å². The number of nitrogens with one attached hydrogen (secondary N) is 2. The van der Waals surface area contributed by atoms with Crippen molar-refractivity contribution in [1.29, 1.82) is 0 Å². The van der Waals surface area contributed by atoms with Crippen molar-refractivity contribution in [2.75, 3.05) is 29.9 Å². The van der Waals surface area contributed by atoms with Crippen LogP contribution < -0.4 is 15.5 Å². The molecule has 2 aliphatic heterocycles. The second kappa shape index (κ2) is 9.31. The molecule has 2 atom stereocenters. The van der Waals surface area contributed by atoms with Crippen LogP contribution in [0.3, 0.4) is 0 Å². The summed E-state index contributed by atoms with van der Waals surface area (Å²) in [6.07, 6.45) is 2.13. The van der Waals surface area contributed by atoms with Crippen molar-refractivity contribution >= 4 is 29.1 Å². The number of ether oxygens (including phenoxy) is 1. The van der Waals surface area contributed by atoms with Gasteiger partial charge >= 0.3 is 0 Å². The lowest BCUT2D eigenvalue weighted by Crippen LogP contribution is -2.33. The molecule has 2 aliphatic rings.